The van der Waals surface area contributed by atoms with Crippen LogP contribution in [0.4, 0.5) is 5.82 Å². The van der Waals surface area contributed by atoms with Gasteiger partial charge in [0.2, 0.25) is 0 Å². The average molecular weight is 382 g/mol. The minimum absolute atomic E-state index is 0.261. The second kappa shape index (κ2) is 8.08. The number of carbonyl (C=O) groups is 1. The van der Waals surface area contributed by atoms with E-state index in [1.54, 1.807) is 0 Å². The van der Waals surface area contributed by atoms with E-state index in [9.17, 15) is 4.79 Å². The number of fused-ring (bicyclic) bond motifs is 1. The highest BCUT2D eigenvalue weighted by Gasteiger charge is 2.32. The van der Waals surface area contributed by atoms with Gasteiger partial charge in [-0.2, -0.15) is 0 Å². The van der Waals surface area contributed by atoms with E-state index in [1.807, 2.05) is 38.1 Å². The van der Waals surface area contributed by atoms with Crippen molar-refractivity contribution in [2.75, 3.05) is 31.1 Å². The molecule has 0 radical (unpaired) electrons. The zero-order chi connectivity index (χ0) is 19.7. The molecule has 28 heavy (non-hydrogen) atoms. The second-order valence-corrected chi connectivity index (χ2v) is 8.12. The Hall–Kier alpha value is -2.14. The van der Waals surface area contributed by atoms with Gasteiger partial charge in [0, 0.05) is 30.6 Å². The van der Waals surface area contributed by atoms with Crippen LogP contribution < -0.4 is 4.90 Å². The van der Waals surface area contributed by atoms with Gasteiger partial charge in [-0.05, 0) is 64.6 Å². The fourth-order valence-electron chi connectivity index (χ4n) is 4.94. The maximum absolute atomic E-state index is 12.8. The number of ether oxygens (including phenoxy) is 1. The fourth-order valence-corrected chi connectivity index (χ4v) is 4.94. The Balaban J connectivity index is 1.64. The molecule has 1 atom stereocenters. The van der Waals surface area contributed by atoms with Gasteiger partial charge in [0.05, 0.1) is 12.1 Å². The Morgan fingerprint density at radius 3 is 2.61 bits per heavy atom. The van der Waals surface area contributed by atoms with Crippen LogP contribution in [0.15, 0.2) is 24.3 Å². The maximum Gasteiger partial charge on any atom is 0.342 e. The maximum atomic E-state index is 12.8. The van der Waals surface area contributed by atoms with E-state index in [0.717, 1.165) is 48.2 Å². The highest BCUT2D eigenvalue weighted by Crippen LogP contribution is 2.32. The smallest absolute Gasteiger partial charge is 0.342 e. The number of rotatable bonds is 4. The summed E-state index contributed by atoms with van der Waals surface area (Å²) in [5, 5.41) is 1.02. The lowest BCUT2D eigenvalue weighted by atomic mass is 9.99. The van der Waals surface area contributed by atoms with Gasteiger partial charge in [0.15, 0.2) is 0 Å². The molecular formula is C23H31N3O2. The predicted molar refractivity (Wildman–Crippen MR) is 113 cm³/mol. The molecule has 1 aromatic carbocycles. The molecule has 1 aromatic heterocycles. The monoisotopic (exact) mass is 381 g/mol. The van der Waals surface area contributed by atoms with E-state index in [2.05, 4.69) is 16.7 Å². The van der Waals surface area contributed by atoms with E-state index >= 15 is 0 Å². The molecule has 2 saturated heterocycles. The largest absolute Gasteiger partial charge is 0.462 e. The van der Waals surface area contributed by atoms with Crippen molar-refractivity contribution < 1.29 is 9.53 Å². The first-order valence-corrected chi connectivity index (χ1v) is 10.7. The van der Waals surface area contributed by atoms with Crippen LogP contribution in [0.2, 0.25) is 0 Å². The number of para-hydroxylation sites is 1. The molecule has 4 rings (SSSR count). The highest BCUT2D eigenvalue weighted by molar-refractivity contribution is 6.02. The molecular weight excluding hydrogens is 350 g/mol. The number of carbonyl (C=O) groups excluding carboxylic acids is 1. The van der Waals surface area contributed by atoms with Gasteiger partial charge in [-0.25, -0.2) is 9.78 Å². The summed E-state index contributed by atoms with van der Waals surface area (Å²) in [7, 11) is 0. The first kappa shape index (κ1) is 19.2. The zero-order valence-electron chi connectivity index (χ0n) is 17.3. The lowest BCUT2D eigenvalue weighted by Crippen LogP contribution is -2.46. The number of anilines is 1. The van der Waals surface area contributed by atoms with E-state index < -0.39 is 0 Å². The van der Waals surface area contributed by atoms with Crippen molar-refractivity contribution in [2.24, 2.45) is 0 Å². The van der Waals surface area contributed by atoms with Gasteiger partial charge < -0.3 is 9.64 Å². The normalized spacial score (nSPS) is 21.4. The molecule has 0 spiro atoms. The number of pyridine rings is 1. The highest BCUT2D eigenvalue weighted by atomic mass is 16.5. The molecule has 0 amide bonds. The summed E-state index contributed by atoms with van der Waals surface area (Å²) in [6.45, 7) is 9.69. The third-order valence-electron chi connectivity index (χ3n) is 6.45. The summed E-state index contributed by atoms with van der Waals surface area (Å²) in [6.07, 6.45) is 4.89. The summed E-state index contributed by atoms with van der Waals surface area (Å²) in [5.74, 6) is 0.533. The van der Waals surface area contributed by atoms with Crippen LogP contribution in [0, 0.1) is 6.92 Å². The Bertz CT molecular complexity index is 858. The Kier molecular flexibility index (Phi) is 5.54. The standard InChI is InChI=1S/C23H31N3O2/c1-4-28-23(27)21-17(3)19-9-5-6-10-20(19)24-22(21)25-14-11-18(12-15-25)26-13-7-8-16(26)2/h5-6,9-10,16,18H,4,7-8,11-15H2,1-3H3. The molecule has 0 aliphatic carbocycles. The van der Waals surface area contributed by atoms with Crippen LogP contribution in [0.3, 0.4) is 0 Å². The topological polar surface area (TPSA) is 45.7 Å². The molecule has 2 fully saturated rings. The Morgan fingerprint density at radius 1 is 1.18 bits per heavy atom. The zero-order valence-corrected chi connectivity index (χ0v) is 17.3. The molecule has 2 aliphatic heterocycles. The third-order valence-corrected chi connectivity index (χ3v) is 6.45. The lowest BCUT2D eigenvalue weighted by molar-refractivity contribution is 0.0526. The van der Waals surface area contributed by atoms with Crippen LogP contribution in [-0.2, 0) is 4.74 Å². The van der Waals surface area contributed by atoms with Crippen LogP contribution in [0.5, 0.6) is 0 Å². The number of likely N-dealkylation sites (tertiary alicyclic amines) is 1. The van der Waals surface area contributed by atoms with Crippen molar-refractivity contribution in [3.8, 4) is 0 Å². The van der Waals surface area contributed by atoms with Gasteiger partial charge in [0.1, 0.15) is 11.4 Å². The average Bonchev–Trinajstić information content (AvgIpc) is 3.14. The van der Waals surface area contributed by atoms with Crippen LogP contribution in [0.1, 0.15) is 55.5 Å². The minimum Gasteiger partial charge on any atom is -0.462 e. The molecule has 1 unspecified atom stereocenters. The van der Waals surface area contributed by atoms with Crippen molar-refractivity contribution >= 4 is 22.7 Å². The Labute approximate surface area is 167 Å². The number of benzene rings is 1. The van der Waals surface area contributed by atoms with Crippen molar-refractivity contribution in [3.05, 3.63) is 35.4 Å². The molecule has 0 bridgehead atoms. The number of hydrogen-bond donors (Lipinski definition) is 0. The first-order valence-electron chi connectivity index (χ1n) is 10.7. The van der Waals surface area contributed by atoms with Gasteiger partial charge >= 0.3 is 5.97 Å². The molecule has 2 aliphatic rings. The minimum atomic E-state index is -0.261. The number of aromatic nitrogens is 1. The van der Waals surface area contributed by atoms with E-state index in [0.29, 0.717) is 24.3 Å². The van der Waals surface area contributed by atoms with Gasteiger partial charge in [-0.3, -0.25) is 4.90 Å². The molecule has 5 nitrogen and oxygen atoms in total. The quantitative estimate of drug-likeness (QED) is 0.744. The van der Waals surface area contributed by atoms with Gasteiger partial charge in [-0.15, -0.1) is 0 Å². The SMILES string of the molecule is CCOC(=O)c1c(N2CCC(N3CCCC3C)CC2)nc2ccccc2c1C. The van der Waals surface area contributed by atoms with E-state index in [-0.39, 0.29) is 5.97 Å². The molecule has 2 aromatic rings. The van der Waals surface area contributed by atoms with Gasteiger partial charge in [-0.1, -0.05) is 18.2 Å². The van der Waals surface area contributed by atoms with Crippen LogP contribution in [-0.4, -0.2) is 54.2 Å². The summed E-state index contributed by atoms with van der Waals surface area (Å²) in [6, 6.07) is 9.41. The fraction of sp³-hybridized carbons (Fsp3) is 0.565. The summed E-state index contributed by atoms with van der Waals surface area (Å²) >= 11 is 0. The second-order valence-electron chi connectivity index (χ2n) is 8.12. The lowest BCUT2D eigenvalue weighted by Gasteiger charge is -2.39. The van der Waals surface area contributed by atoms with E-state index in [4.69, 9.17) is 9.72 Å². The molecule has 0 N–H and O–H groups in total. The number of esters is 1. The Morgan fingerprint density at radius 2 is 1.93 bits per heavy atom. The first-order chi connectivity index (χ1) is 13.6. The van der Waals surface area contributed by atoms with Crippen LogP contribution in [0.25, 0.3) is 10.9 Å². The van der Waals surface area contributed by atoms with Crippen molar-refractivity contribution in [1.29, 1.82) is 0 Å². The number of aryl methyl sites for hydroxylation is 1. The van der Waals surface area contributed by atoms with Crippen LogP contribution >= 0.6 is 0 Å². The molecule has 0 saturated carbocycles. The number of nitrogens with zero attached hydrogens (tertiary/aromatic N) is 3. The summed E-state index contributed by atoms with van der Waals surface area (Å²) in [4.78, 5) is 22.7. The summed E-state index contributed by atoms with van der Waals surface area (Å²) < 4.78 is 5.39. The van der Waals surface area contributed by atoms with Gasteiger partial charge in [0.25, 0.3) is 0 Å². The number of hydrogen-bond acceptors (Lipinski definition) is 5. The summed E-state index contributed by atoms with van der Waals surface area (Å²) in [5.41, 5.74) is 2.54. The number of piperidine rings is 1. The predicted octanol–water partition coefficient (Wildman–Crippen LogP) is 4.17. The van der Waals surface area contributed by atoms with E-state index in [1.165, 1.54) is 19.4 Å². The molecule has 150 valence electrons. The van der Waals surface area contributed by atoms with Crippen molar-refractivity contribution in [2.45, 2.75) is 58.5 Å². The van der Waals surface area contributed by atoms with Crippen molar-refractivity contribution in [3.63, 3.8) is 0 Å². The van der Waals surface area contributed by atoms with Crippen molar-refractivity contribution in [1.82, 2.24) is 9.88 Å². The third kappa shape index (κ3) is 3.48. The molecule has 5 heteroatoms. The molecule has 3 heterocycles.